The molecule has 0 aliphatic carbocycles. The van der Waals surface area contributed by atoms with E-state index in [9.17, 15) is 14.0 Å². The van der Waals surface area contributed by atoms with E-state index in [1.807, 2.05) is 6.92 Å². The van der Waals surface area contributed by atoms with E-state index in [1.54, 1.807) is 46.7 Å². The van der Waals surface area contributed by atoms with Crippen molar-refractivity contribution in [2.24, 2.45) is 0 Å². The third kappa shape index (κ3) is 2.60. The van der Waals surface area contributed by atoms with Crippen LogP contribution in [0.4, 0.5) is 4.39 Å². The number of pyridine rings is 1. The summed E-state index contributed by atoms with van der Waals surface area (Å²) in [5.74, 6) is -1.22. The van der Waals surface area contributed by atoms with Crippen LogP contribution in [0.15, 0.2) is 47.7 Å². The molecule has 0 amide bonds. The number of carbonyl (C=O) groups is 1. The van der Waals surface area contributed by atoms with Crippen LogP contribution in [0.3, 0.4) is 0 Å². The monoisotopic (exact) mass is 328 g/mol. The number of ether oxygens (including phenoxy) is 1. The van der Waals surface area contributed by atoms with Gasteiger partial charge in [0, 0.05) is 30.5 Å². The van der Waals surface area contributed by atoms with Crippen molar-refractivity contribution in [3.63, 3.8) is 0 Å². The number of hydrogen-bond acceptors (Lipinski definition) is 3. The van der Waals surface area contributed by atoms with E-state index in [0.717, 1.165) is 0 Å². The summed E-state index contributed by atoms with van der Waals surface area (Å²) >= 11 is 0. The Kier molecular flexibility index (Phi) is 4.20. The van der Waals surface area contributed by atoms with Crippen molar-refractivity contribution < 1.29 is 13.9 Å². The van der Waals surface area contributed by atoms with E-state index in [1.165, 1.54) is 12.3 Å². The van der Waals surface area contributed by atoms with Gasteiger partial charge in [0.1, 0.15) is 11.4 Å². The van der Waals surface area contributed by atoms with Crippen molar-refractivity contribution >= 4 is 16.9 Å². The van der Waals surface area contributed by atoms with Gasteiger partial charge in [-0.1, -0.05) is 0 Å². The summed E-state index contributed by atoms with van der Waals surface area (Å²) in [6.45, 7) is 4.25. The van der Waals surface area contributed by atoms with Gasteiger partial charge in [-0.2, -0.15) is 0 Å². The summed E-state index contributed by atoms with van der Waals surface area (Å²) < 4.78 is 22.8. The fourth-order valence-electron chi connectivity index (χ4n) is 2.71. The number of fused-ring (bicyclic) bond motifs is 1. The zero-order valence-corrected chi connectivity index (χ0v) is 13.5. The Morgan fingerprint density at radius 2 is 1.92 bits per heavy atom. The molecule has 0 N–H and O–H groups in total. The maximum atomic E-state index is 14.5. The minimum absolute atomic E-state index is 0.0840. The molecule has 0 bridgehead atoms. The quantitative estimate of drug-likeness (QED) is 0.692. The Hall–Kier alpha value is -2.89. The van der Waals surface area contributed by atoms with Crippen LogP contribution >= 0.6 is 0 Å². The standard InChI is InChI=1S/C18H17FN2O3/c1-3-20-11-13(18(23)24-4-2)17(22)12-9-14(19)16(10-15(12)20)21-7-5-6-8-21/h5-11H,3-4H2,1-2H3. The molecule has 5 nitrogen and oxygen atoms in total. The number of esters is 1. The van der Waals surface area contributed by atoms with Crippen LogP contribution in [0.25, 0.3) is 16.6 Å². The van der Waals surface area contributed by atoms with Gasteiger partial charge < -0.3 is 13.9 Å². The number of hydrogen-bond donors (Lipinski definition) is 0. The smallest absolute Gasteiger partial charge is 0.343 e. The molecule has 24 heavy (non-hydrogen) atoms. The van der Waals surface area contributed by atoms with Gasteiger partial charge in [0.25, 0.3) is 0 Å². The second kappa shape index (κ2) is 6.31. The highest BCUT2D eigenvalue weighted by molar-refractivity contribution is 5.94. The van der Waals surface area contributed by atoms with E-state index >= 15 is 0 Å². The van der Waals surface area contributed by atoms with Crippen molar-refractivity contribution in [3.8, 4) is 5.69 Å². The molecule has 3 rings (SSSR count). The first-order chi connectivity index (χ1) is 11.6. The first-order valence-electron chi connectivity index (χ1n) is 7.74. The predicted molar refractivity (Wildman–Crippen MR) is 89.1 cm³/mol. The molecule has 6 heteroatoms. The third-order valence-electron chi connectivity index (χ3n) is 3.87. The van der Waals surface area contributed by atoms with Crippen molar-refractivity contribution in [2.75, 3.05) is 6.61 Å². The van der Waals surface area contributed by atoms with E-state index in [-0.39, 0.29) is 17.6 Å². The lowest BCUT2D eigenvalue weighted by atomic mass is 10.1. The molecule has 1 aromatic carbocycles. The van der Waals surface area contributed by atoms with E-state index < -0.39 is 17.2 Å². The molecular formula is C18H17FN2O3. The molecule has 124 valence electrons. The SMILES string of the molecule is CCOC(=O)c1cn(CC)c2cc(-n3cccc3)c(F)cc2c1=O. The second-order valence-electron chi connectivity index (χ2n) is 5.29. The molecular weight excluding hydrogens is 311 g/mol. The average Bonchev–Trinajstić information content (AvgIpc) is 3.09. The highest BCUT2D eigenvalue weighted by Crippen LogP contribution is 2.21. The maximum absolute atomic E-state index is 14.5. The van der Waals surface area contributed by atoms with Crippen LogP contribution in [0.2, 0.25) is 0 Å². The Labute approximate surface area is 137 Å². The molecule has 0 radical (unpaired) electrons. The third-order valence-corrected chi connectivity index (χ3v) is 3.87. The van der Waals surface area contributed by atoms with Gasteiger partial charge in [-0.05, 0) is 38.1 Å². The normalized spacial score (nSPS) is 11.0. The van der Waals surface area contributed by atoms with Crippen molar-refractivity contribution in [3.05, 3.63) is 64.5 Å². The number of nitrogens with zero attached hydrogens (tertiary/aromatic N) is 2. The first kappa shape index (κ1) is 16.0. The van der Waals surface area contributed by atoms with Crippen LogP contribution in [0.5, 0.6) is 0 Å². The Morgan fingerprint density at radius 1 is 1.21 bits per heavy atom. The van der Waals surface area contributed by atoms with Crippen LogP contribution < -0.4 is 5.43 Å². The predicted octanol–water partition coefficient (Wildman–Crippen LogP) is 3.13. The fourth-order valence-corrected chi connectivity index (χ4v) is 2.71. The molecule has 3 aromatic rings. The lowest BCUT2D eigenvalue weighted by molar-refractivity contribution is 0.0524. The molecule has 0 spiro atoms. The van der Waals surface area contributed by atoms with Gasteiger partial charge in [-0.3, -0.25) is 4.79 Å². The molecule has 2 heterocycles. The van der Waals surface area contributed by atoms with Crippen LogP contribution in [-0.2, 0) is 11.3 Å². The largest absolute Gasteiger partial charge is 0.462 e. The summed E-state index contributed by atoms with van der Waals surface area (Å²) in [5.41, 5.74) is 0.309. The summed E-state index contributed by atoms with van der Waals surface area (Å²) in [4.78, 5) is 24.6. The highest BCUT2D eigenvalue weighted by Gasteiger charge is 2.18. The molecule has 0 aliphatic rings. The van der Waals surface area contributed by atoms with Crippen LogP contribution in [0, 0.1) is 5.82 Å². The zero-order valence-electron chi connectivity index (χ0n) is 13.5. The molecule has 0 fully saturated rings. The van der Waals surface area contributed by atoms with Gasteiger partial charge in [-0.15, -0.1) is 0 Å². The number of aryl methyl sites for hydroxylation is 1. The lowest BCUT2D eigenvalue weighted by Crippen LogP contribution is -2.21. The molecule has 0 unspecified atom stereocenters. The first-order valence-corrected chi connectivity index (χ1v) is 7.74. The zero-order chi connectivity index (χ0) is 17.3. The number of carbonyl (C=O) groups excluding carboxylic acids is 1. The van der Waals surface area contributed by atoms with E-state index in [0.29, 0.717) is 17.7 Å². The maximum Gasteiger partial charge on any atom is 0.343 e. The van der Waals surface area contributed by atoms with Gasteiger partial charge in [0.15, 0.2) is 0 Å². The fraction of sp³-hybridized carbons (Fsp3) is 0.222. The number of rotatable bonds is 4. The Morgan fingerprint density at radius 3 is 2.54 bits per heavy atom. The van der Waals surface area contributed by atoms with Gasteiger partial charge in [0.05, 0.1) is 17.8 Å². The van der Waals surface area contributed by atoms with Crippen molar-refractivity contribution in [2.45, 2.75) is 20.4 Å². The molecule has 0 aliphatic heterocycles. The number of aromatic nitrogens is 2. The topological polar surface area (TPSA) is 53.2 Å². The average molecular weight is 328 g/mol. The summed E-state index contributed by atoms with van der Waals surface area (Å²) in [6.07, 6.45) is 4.93. The summed E-state index contributed by atoms with van der Waals surface area (Å²) in [5, 5.41) is 0.163. The number of halogens is 1. The molecule has 2 aromatic heterocycles. The number of benzene rings is 1. The van der Waals surface area contributed by atoms with Crippen molar-refractivity contribution in [1.29, 1.82) is 0 Å². The van der Waals surface area contributed by atoms with Crippen molar-refractivity contribution in [1.82, 2.24) is 9.13 Å². The van der Waals surface area contributed by atoms with Gasteiger partial charge in [0.2, 0.25) is 5.43 Å². The van der Waals surface area contributed by atoms with Gasteiger partial charge in [-0.25, -0.2) is 9.18 Å². The second-order valence-corrected chi connectivity index (χ2v) is 5.29. The minimum Gasteiger partial charge on any atom is -0.462 e. The highest BCUT2D eigenvalue weighted by atomic mass is 19.1. The summed E-state index contributed by atoms with van der Waals surface area (Å²) in [7, 11) is 0. The van der Waals surface area contributed by atoms with Crippen LogP contribution in [-0.4, -0.2) is 21.7 Å². The Balaban J connectivity index is 2.30. The van der Waals surface area contributed by atoms with Gasteiger partial charge >= 0.3 is 5.97 Å². The molecule has 0 saturated heterocycles. The van der Waals surface area contributed by atoms with E-state index in [2.05, 4.69) is 0 Å². The lowest BCUT2D eigenvalue weighted by Gasteiger charge is -2.13. The molecule has 0 atom stereocenters. The summed E-state index contributed by atoms with van der Waals surface area (Å²) in [6, 6.07) is 6.38. The minimum atomic E-state index is -0.693. The Bertz CT molecular complexity index is 959. The van der Waals surface area contributed by atoms with Crippen LogP contribution in [0.1, 0.15) is 24.2 Å². The molecule has 0 saturated carbocycles. The van der Waals surface area contributed by atoms with E-state index in [4.69, 9.17) is 4.74 Å².